The number of aliphatic hydroxyl groups is 1. The Labute approximate surface area is 114 Å². The molecule has 0 saturated carbocycles. The molecule has 0 amide bonds. The summed E-state index contributed by atoms with van der Waals surface area (Å²) in [6, 6.07) is 1.92. The van der Waals surface area contributed by atoms with Crippen molar-refractivity contribution in [2.24, 2.45) is 0 Å². The molecule has 0 aromatic carbocycles. The Morgan fingerprint density at radius 1 is 1.28 bits per heavy atom. The van der Waals surface area contributed by atoms with Crippen LogP contribution in [0.2, 0.25) is 0 Å². The first kappa shape index (κ1) is 15.2. The van der Waals surface area contributed by atoms with E-state index in [0.29, 0.717) is 0 Å². The summed E-state index contributed by atoms with van der Waals surface area (Å²) in [7, 11) is 1.85. The summed E-state index contributed by atoms with van der Waals surface area (Å²) in [6.45, 7) is 10.1. The monoisotopic (exact) mass is 269 g/mol. The first-order valence-electron chi connectivity index (χ1n) is 6.16. The lowest BCUT2D eigenvalue weighted by atomic mass is 9.96. The zero-order valence-corrected chi connectivity index (χ0v) is 12.8. The third-order valence-electron chi connectivity index (χ3n) is 2.62. The molecular weight excluding hydrogens is 246 g/mol. The quantitative estimate of drug-likeness (QED) is 0.650. The normalized spacial score (nSPS) is 15.3. The zero-order valence-electron chi connectivity index (χ0n) is 12.0. The molecule has 18 heavy (non-hydrogen) atoms. The first-order chi connectivity index (χ1) is 8.24. The van der Waals surface area contributed by atoms with Crippen LogP contribution >= 0.6 is 11.8 Å². The Morgan fingerprint density at radius 2 is 1.89 bits per heavy atom. The van der Waals surface area contributed by atoms with Crippen molar-refractivity contribution in [3.8, 4) is 0 Å². The number of aliphatic hydroxyl groups excluding tert-OH is 1. The average molecular weight is 269 g/mol. The predicted octanol–water partition coefficient (Wildman–Crippen LogP) is 2.68. The molecule has 0 aliphatic carbocycles. The lowest BCUT2D eigenvalue weighted by Gasteiger charge is -2.20. The van der Waals surface area contributed by atoms with E-state index >= 15 is 0 Å². The maximum atomic E-state index is 9.56. The molecule has 2 atom stereocenters. The Hall–Kier alpha value is -0.810. The highest BCUT2D eigenvalue weighted by molar-refractivity contribution is 7.99. The molecule has 1 rings (SSSR count). The molecule has 0 aliphatic heterocycles. The van der Waals surface area contributed by atoms with Gasteiger partial charge in [0.15, 0.2) is 0 Å². The van der Waals surface area contributed by atoms with Gasteiger partial charge in [0.25, 0.3) is 0 Å². The van der Waals surface area contributed by atoms with Crippen LogP contribution in [0, 0.1) is 0 Å². The van der Waals surface area contributed by atoms with Gasteiger partial charge < -0.3 is 10.4 Å². The van der Waals surface area contributed by atoms with Crippen LogP contribution in [0.4, 0.5) is 5.82 Å². The van der Waals surface area contributed by atoms with E-state index in [1.165, 1.54) is 0 Å². The maximum absolute atomic E-state index is 9.56. The Morgan fingerprint density at radius 3 is 2.33 bits per heavy atom. The van der Waals surface area contributed by atoms with Gasteiger partial charge in [-0.3, -0.25) is 0 Å². The standard InChI is InChI=1S/C13H23N3OS/c1-8(17)9(2)18-11-7-10(14-6)15-12(16-11)13(3,4)5/h7-9,17H,1-6H3,(H,14,15,16). The summed E-state index contributed by atoms with van der Waals surface area (Å²) >= 11 is 1.57. The van der Waals surface area contributed by atoms with Gasteiger partial charge in [0, 0.05) is 23.8 Å². The lowest BCUT2D eigenvalue weighted by molar-refractivity contribution is 0.196. The van der Waals surface area contributed by atoms with E-state index in [4.69, 9.17) is 0 Å². The van der Waals surface area contributed by atoms with Crippen LogP contribution in [0.1, 0.15) is 40.4 Å². The molecular formula is C13H23N3OS. The van der Waals surface area contributed by atoms with Gasteiger partial charge in [-0.1, -0.05) is 27.7 Å². The van der Waals surface area contributed by atoms with Crippen molar-refractivity contribution in [3.05, 3.63) is 11.9 Å². The van der Waals surface area contributed by atoms with Crippen LogP contribution < -0.4 is 5.32 Å². The van der Waals surface area contributed by atoms with Crippen molar-refractivity contribution >= 4 is 17.6 Å². The molecule has 0 bridgehead atoms. The summed E-state index contributed by atoms with van der Waals surface area (Å²) in [5, 5.41) is 13.6. The highest BCUT2D eigenvalue weighted by Gasteiger charge is 2.20. The van der Waals surface area contributed by atoms with E-state index in [-0.39, 0.29) is 16.8 Å². The van der Waals surface area contributed by atoms with Crippen molar-refractivity contribution in [2.75, 3.05) is 12.4 Å². The van der Waals surface area contributed by atoms with E-state index in [1.54, 1.807) is 18.7 Å². The average Bonchev–Trinajstić information content (AvgIpc) is 2.27. The predicted molar refractivity (Wildman–Crippen MR) is 77.3 cm³/mol. The van der Waals surface area contributed by atoms with Crippen molar-refractivity contribution in [1.29, 1.82) is 0 Å². The van der Waals surface area contributed by atoms with E-state index in [1.807, 2.05) is 20.0 Å². The van der Waals surface area contributed by atoms with Gasteiger partial charge in [0.2, 0.25) is 0 Å². The molecule has 0 fully saturated rings. The van der Waals surface area contributed by atoms with Crippen molar-refractivity contribution in [2.45, 2.75) is 56.4 Å². The van der Waals surface area contributed by atoms with Crippen molar-refractivity contribution in [1.82, 2.24) is 9.97 Å². The topological polar surface area (TPSA) is 58.0 Å². The SMILES string of the molecule is CNc1cc(SC(C)C(C)O)nc(C(C)(C)C)n1. The summed E-state index contributed by atoms with van der Waals surface area (Å²) < 4.78 is 0. The number of anilines is 1. The zero-order chi connectivity index (χ0) is 13.9. The minimum atomic E-state index is -0.360. The molecule has 2 N–H and O–H groups in total. The van der Waals surface area contributed by atoms with Crippen LogP contribution in [0.3, 0.4) is 0 Å². The smallest absolute Gasteiger partial charge is 0.137 e. The number of thioether (sulfide) groups is 1. The highest BCUT2D eigenvalue weighted by Crippen LogP contribution is 2.28. The molecule has 0 aliphatic rings. The van der Waals surface area contributed by atoms with Crippen LogP contribution in [0.15, 0.2) is 11.1 Å². The van der Waals surface area contributed by atoms with Gasteiger partial charge in [-0.15, -0.1) is 11.8 Å². The Balaban J connectivity index is 3.05. The number of aromatic nitrogens is 2. The minimum Gasteiger partial charge on any atom is -0.392 e. The molecule has 4 nitrogen and oxygen atoms in total. The number of rotatable bonds is 4. The van der Waals surface area contributed by atoms with Gasteiger partial charge >= 0.3 is 0 Å². The summed E-state index contributed by atoms with van der Waals surface area (Å²) in [5.41, 5.74) is -0.0871. The molecule has 0 spiro atoms. The van der Waals surface area contributed by atoms with E-state index in [2.05, 4.69) is 36.1 Å². The second kappa shape index (κ2) is 5.89. The Bertz CT molecular complexity index is 402. The first-order valence-corrected chi connectivity index (χ1v) is 7.04. The highest BCUT2D eigenvalue weighted by atomic mass is 32.2. The largest absolute Gasteiger partial charge is 0.392 e. The number of nitrogens with zero attached hydrogens (tertiary/aromatic N) is 2. The van der Waals surface area contributed by atoms with E-state index in [9.17, 15) is 5.11 Å². The van der Waals surface area contributed by atoms with Gasteiger partial charge in [-0.2, -0.15) is 0 Å². The van der Waals surface area contributed by atoms with E-state index < -0.39 is 0 Å². The fourth-order valence-corrected chi connectivity index (χ4v) is 2.13. The molecule has 0 radical (unpaired) electrons. The molecule has 1 heterocycles. The summed E-state index contributed by atoms with van der Waals surface area (Å²) in [5.74, 6) is 1.63. The van der Waals surface area contributed by atoms with Crippen LogP contribution in [0.5, 0.6) is 0 Å². The fourth-order valence-electron chi connectivity index (χ4n) is 1.24. The second-order valence-corrected chi connectivity index (χ2v) is 6.88. The van der Waals surface area contributed by atoms with E-state index in [0.717, 1.165) is 16.7 Å². The van der Waals surface area contributed by atoms with Crippen molar-refractivity contribution < 1.29 is 5.11 Å². The van der Waals surface area contributed by atoms with Crippen LogP contribution in [0.25, 0.3) is 0 Å². The fraction of sp³-hybridized carbons (Fsp3) is 0.692. The van der Waals surface area contributed by atoms with Gasteiger partial charge in [-0.05, 0) is 6.92 Å². The van der Waals surface area contributed by atoms with Crippen LogP contribution in [-0.2, 0) is 5.41 Å². The van der Waals surface area contributed by atoms with Gasteiger partial charge in [0.1, 0.15) is 16.7 Å². The summed E-state index contributed by atoms with van der Waals surface area (Å²) in [6.07, 6.45) is -0.360. The maximum Gasteiger partial charge on any atom is 0.137 e. The molecule has 102 valence electrons. The number of hydrogen-bond acceptors (Lipinski definition) is 5. The third kappa shape index (κ3) is 4.14. The molecule has 1 aromatic rings. The van der Waals surface area contributed by atoms with Crippen molar-refractivity contribution in [3.63, 3.8) is 0 Å². The molecule has 1 aromatic heterocycles. The molecule has 0 saturated heterocycles. The minimum absolute atomic E-state index is 0.0871. The molecule has 5 heteroatoms. The van der Waals surface area contributed by atoms with Crippen LogP contribution in [-0.4, -0.2) is 33.5 Å². The summed E-state index contributed by atoms with van der Waals surface area (Å²) in [4.78, 5) is 9.05. The second-order valence-electron chi connectivity index (χ2n) is 5.48. The van der Waals surface area contributed by atoms with Gasteiger partial charge in [-0.25, -0.2) is 9.97 Å². The molecule has 2 unspecified atom stereocenters. The lowest BCUT2D eigenvalue weighted by Crippen LogP contribution is -2.19. The Kier molecular flexibility index (Phi) is 4.99. The number of hydrogen-bond donors (Lipinski definition) is 2. The third-order valence-corrected chi connectivity index (χ3v) is 3.83. The number of nitrogens with one attached hydrogen (secondary N) is 1. The van der Waals surface area contributed by atoms with Gasteiger partial charge in [0.05, 0.1) is 6.10 Å².